The van der Waals surface area contributed by atoms with E-state index in [1.165, 1.54) is 25.0 Å². The first-order chi connectivity index (χ1) is 11.6. The highest BCUT2D eigenvalue weighted by molar-refractivity contribution is 7.98. The maximum atomic E-state index is 11.7. The summed E-state index contributed by atoms with van der Waals surface area (Å²) in [5.74, 6) is 1.96. The minimum Gasteiger partial charge on any atom is -0.382 e. The van der Waals surface area contributed by atoms with Gasteiger partial charge in [0.2, 0.25) is 5.91 Å². The molecule has 0 rings (SSSR count). The number of ether oxygens (including phenoxy) is 1. The number of carbonyl (C=O) groups excluding carboxylic acids is 1. The van der Waals surface area contributed by atoms with Crippen molar-refractivity contribution in [3.8, 4) is 0 Å². The van der Waals surface area contributed by atoms with Gasteiger partial charge in [0, 0.05) is 40.4 Å². The van der Waals surface area contributed by atoms with Crippen LogP contribution in [-0.4, -0.2) is 75.7 Å². The Labute approximate surface area is 152 Å². The second kappa shape index (κ2) is 16.9. The summed E-state index contributed by atoms with van der Waals surface area (Å²) in [5, 5.41) is 6.59. The van der Waals surface area contributed by atoms with Crippen LogP contribution in [0.4, 0.5) is 0 Å². The van der Waals surface area contributed by atoms with Crippen LogP contribution in [0, 0.1) is 0 Å². The second-order valence-corrected chi connectivity index (χ2v) is 6.75. The van der Waals surface area contributed by atoms with E-state index in [2.05, 4.69) is 21.9 Å². The van der Waals surface area contributed by atoms with E-state index >= 15 is 0 Å². The summed E-state index contributed by atoms with van der Waals surface area (Å²) in [5.41, 5.74) is 0. The van der Waals surface area contributed by atoms with Gasteiger partial charge in [-0.25, -0.2) is 4.99 Å². The first-order valence-corrected chi connectivity index (χ1v) is 10.3. The Morgan fingerprint density at radius 3 is 2.38 bits per heavy atom. The number of guanidine groups is 1. The molecule has 2 N–H and O–H groups in total. The molecule has 0 heterocycles. The number of aliphatic imine (C=N–C) groups is 1. The Morgan fingerprint density at radius 1 is 1.08 bits per heavy atom. The number of hydrogen-bond donors (Lipinski definition) is 2. The second-order valence-electron chi connectivity index (χ2n) is 5.76. The Hall–Kier alpha value is -0.950. The number of nitrogens with one attached hydrogen (secondary N) is 2. The smallest absolute Gasteiger partial charge is 0.243 e. The molecule has 0 spiro atoms. The molecule has 0 bridgehead atoms. The summed E-state index contributed by atoms with van der Waals surface area (Å²) in [6.45, 7) is 5.31. The van der Waals surface area contributed by atoms with Crippen molar-refractivity contribution < 1.29 is 9.53 Å². The fourth-order valence-electron chi connectivity index (χ4n) is 1.92. The maximum Gasteiger partial charge on any atom is 0.243 e. The summed E-state index contributed by atoms with van der Waals surface area (Å²) in [6.07, 6.45) is 7.98. The predicted molar refractivity (Wildman–Crippen MR) is 105 cm³/mol. The van der Waals surface area contributed by atoms with E-state index in [-0.39, 0.29) is 12.5 Å². The van der Waals surface area contributed by atoms with Crippen molar-refractivity contribution in [1.82, 2.24) is 15.5 Å². The van der Waals surface area contributed by atoms with Gasteiger partial charge in [0.15, 0.2) is 5.96 Å². The molecule has 7 heteroatoms. The van der Waals surface area contributed by atoms with E-state index in [0.717, 1.165) is 39.1 Å². The van der Waals surface area contributed by atoms with Gasteiger partial charge >= 0.3 is 0 Å². The van der Waals surface area contributed by atoms with Gasteiger partial charge < -0.3 is 20.3 Å². The van der Waals surface area contributed by atoms with E-state index in [1.54, 1.807) is 19.0 Å². The third-order valence-corrected chi connectivity index (χ3v) is 4.10. The fourth-order valence-corrected chi connectivity index (χ4v) is 2.41. The van der Waals surface area contributed by atoms with Crippen LogP contribution in [-0.2, 0) is 9.53 Å². The molecular weight excluding hydrogens is 324 g/mol. The number of nitrogens with zero attached hydrogens (tertiary/aromatic N) is 2. The molecule has 0 aromatic heterocycles. The number of hydrogen-bond acceptors (Lipinski definition) is 4. The van der Waals surface area contributed by atoms with Crippen molar-refractivity contribution in [3.63, 3.8) is 0 Å². The quantitative estimate of drug-likeness (QED) is 0.282. The lowest BCUT2D eigenvalue weighted by Gasteiger charge is -2.14. The molecule has 24 heavy (non-hydrogen) atoms. The minimum absolute atomic E-state index is 0.00230. The normalized spacial score (nSPS) is 11.4. The number of amides is 1. The topological polar surface area (TPSA) is 66.0 Å². The highest BCUT2D eigenvalue weighted by Crippen LogP contribution is 2.03. The molecule has 0 atom stereocenters. The lowest BCUT2D eigenvalue weighted by atomic mass is 10.2. The average molecular weight is 361 g/mol. The molecular formula is C17H36N4O2S. The first-order valence-electron chi connectivity index (χ1n) is 8.90. The lowest BCUT2D eigenvalue weighted by Crippen LogP contribution is -2.39. The Kier molecular flexibility index (Phi) is 16.2. The zero-order chi connectivity index (χ0) is 18.0. The molecule has 142 valence electrons. The van der Waals surface area contributed by atoms with E-state index in [1.807, 2.05) is 18.7 Å². The Morgan fingerprint density at radius 2 is 1.75 bits per heavy atom. The fraction of sp³-hybridized carbons (Fsp3) is 0.882. The molecule has 0 unspecified atom stereocenters. The third kappa shape index (κ3) is 14.6. The molecule has 0 fully saturated rings. The van der Waals surface area contributed by atoms with E-state index in [0.29, 0.717) is 5.96 Å². The van der Waals surface area contributed by atoms with Gasteiger partial charge in [-0.3, -0.25) is 4.79 Å². The first kappa shape index (κ1) is 23.1. The summed E-state index contributed by atoms with van der Waals surface area (Å²) in [7, 11) is 3.49. The monoisotopic (exact) mass is 360 g/mol. The van der Waals surface area contributed by atoms with Crippen LogP contribution in [0.15, 0.2) is 4.99 Å². The highest BCUT2D eigenvalue weighted by Gasteiger charge is 2.04. The van der Waals surface area contributed by atoms with E-state index in [4.69, 9.17) is 4.74 Å². The van der Waals surface area contributed by atoms with Gasteiger partial charge in [0.25, 0.3) is 0 Å². The molecule has 1 amide bonds. The van der Waals surface area contributed by atoms with Gasteiger partial charge in [-0.15, -0.1) is 0 Å². The van der Waals surface area contributed by atoms with E-state index in [9.17, 15) is 4.79 Å². The van der Waals surface area contributed by atoms with Gasteiger partial charge in [0.05, 0.1) is 0 Å². The number of likely N-dealkylation sites (N-methyl/N-ethyl adjacent to an activating group) is 1. The average Bonchev–Trinajstić information content (AvgIpc) is 2.57. The predicted octanol–water partition coefficient (Wildman–Crippen LogP) is 1.96. The lowest BCUT2D eigenvalue weighted by molar-refractivity contribution is -0.127. The zero-order valence-electron chi connectivity index (χ0n) is 15.9. The Bertz CT molecular complexity index is 339. The van der Waals surface area contributed by atoms with Crippen molar-refractivity contribution in [2.45, 2.75) is 39.0 Å². The van der Waals surface area contributed by atoms with Crippen LogP contribution in [0.2, 0.25) is 0 Å². The SMILES string of the molecule is CCOCCCNC(=NCC(=O)N(C)C)NCCCCCCSC. The maximum absolute atomic E-state index is 11.7. The van der Waals surface area contributed by atoms with Gasteiger partial charge in [0.1, 0.15) is 6.54 Å². The summed E-state index contributed by atoms with van der Waals surface area (Å²) in [4.78, 5) is 17.6. The molecule has 0 radical (unpaired) electrons. The highest BCUT2D eigenvalue weighted by atomic mass is 32.2. The van der Waals surface area contributed by atoms with Gasteiger partial charge in [-0.1, -0.05) is 12.8 Å². The molecule has 0 saturated carbocycles. The Balaban J connectivity index is 4.07. The van der Waals surface area contributed by atoms with Crippen LogP contribution in [0.1, 0.15) is 39.0 Å². The van der Waals surface area contributed by atoms with Crippen molar-refractivity contribution in [1.29, 1.82) is 0 Å². The summed E-state index contributed by atoms with van der Waals surface area (Å²) < 4.78 is 5.33. The van der Waals surface area contributed by atoms with Gasteiger partial charge in [-0.2, -0.15) is 11.8 Å². The number of carbonyl (C=O) groups is 1. The summed E-state index contributed by atoms with van der Waals surface area (Å²) >= 11 is 1.91. The number of thioether (sulfide) groups is 1. The third-order valence-electron chi connectivity index (χ3n) is 3.40. The van der Waals surface area contributed by atoms with E-state index < -0.39 is 0 Å². The van der Waals surface area contributed by atoms with Gasteiger partial charge in [-0.05, 0) is 38.2 Å². The molecule has 0 aliphatic rings. The molecule has 0 aliphatic heterocycles. The standard InChI is InChI=1S/C17H36N4O2S/c1-5-23-13-10-12-19-17(20-15-16(22)21(2)3)18-11-8-6-7-9-14-24-4/h5-15H2,1-4H3,(H2,18,19,20). The zero-order valence-corrected chi connectivity index (χ0v) is 16.7. The van der Waals surface area contributed by atoms with Crippen molar-refractivity contribution >= 4 is 23.6 Å². The van der Waals surface area contributed by atoms with Crippen LogP contribution < -0.4 is 10.6 Å². The van der Waals surface area contributed by atoms with Crippen LogP contribution >= 0.6 is 11.8 Å². The van der Waals surface area contributed by atoms with Crippen molar-refractivity contribution in [3.05, 3.63) is 0 Å². The van der Waals surface area contributed by atoms with Crippen molar-refractivity contribution in [2.24, 2.45) is 4.99 Å². The minimum atomic E-state index is 0.00230. The molecule has 0 aromatic carbocycles. The van der Waals surface area contributed by atoms with Crippen LogP contribution in [0.5, 0.6) is 0 Å². The molecule has 0 aliphatic carbocycles. The molecule has 6 nitrogen and oxygen atoms in total. The molecule has 0 saturated heterocycles. The van der Waals surface area contributed by atoms with Crippen molar-refractivity contribution in [2.75, 3.05) is 59.0 Å². The number of unbranched alkanes of at least 4 members (excludes halogenated alkanes) is 3. The molecule has 0 aromatic rings. The van der Waals surface area contributed by atoms with Crippen LogP contribution in [0.25, 0.3) is 0 Å². The summed E-state index contributed by atoms with van der Waals surface area (Å²) in [6, 6.07) is 0. The van der Waals surface area contributed by atoms with Crippen LogP contribution in [0.3, 0.4) is 0 Å². The number of rotatable bonds is 14. The largest absolute Gasteiger partial charge is 0.382 e.